The molecule has 3 atom stereocenters. The van der Waals surface area contributed by atoms with Crippen LogP contribution < -0.4 is 0 Å². The van der Waals surface area contributed by atoms with Crippen molar-refractivity contribution in [3.63, 3.8) is 0 Å². The van der Waals surface area contributed by atoms with Gasteiger partial charge < -0.3 is 4.74 Å². The average Bonchev–Trinajstić information content (AvgIpc) is 3.13. The first-order valence-electron chi connectivity index (χ1n) is 6.91. The van der Waals surface area contributed by atoms with Gasteiger partial charge in [0.2, 0.25) is 0 Å². The third-order valence-electron chi connectivity index (χ3n) is 4.97. The molecule has 0 heterocycles. The van der Waals surface area contributed by atoms with Crippen molar-refractivity contribution in [3.8, 4) is 12.5 Å². The van der Waals surface area contributed by atoms with Crippen LogP contribution in [0.1, 0.15) is 33.1 Å². The molecular weight excluding hydrogens is 490 g/mol. The standard InChI is InChI=1S/C13H20OS.6CO.2Co/c1-5-14-11-8-10-6-7-13(11,9-15-4)12(10,2)3;6*1-2;;/h1,10-11H,6-9H2,2-4H3;;;;;;;;/t10-,11-,13-;;;;;;;;/m1......../s1. The third-order valence-corrected chi connectivity index (χ3v) is 5.77. The molecule has 7 nitrogen and oxygen atoms in total. The quantitative estimate of drug-likeness (QED) is 0.329. The molecule has 0 aromatic rings. The molecule has 162 valence electrons. The van der Waals surface area contributed by atoms with Gasteiger partial charge in [-0.05, 0) is 36.9 Å². The first-order chi connectivity index (χ1) is 13.1. The second-order valence-electron chi connectivity index (χ2n) is 5.51. The van der Waals surface area contributed by atoms with Crippen molar-refractivity contribution >= 4 is 11.8 Å². The molecule has 0 spiro atoms. The van der Waals surface area contributed by atoms with Gasteiger partial charge in [0.15, 0.2) is 0 Å². The van der Waals surface area contributed by atoms with E-state index in [9.17, 15) is 0 Å². The largest absolute Gasteiger partial charge is 0 e. The minimum Gasteiger partial charge on any atom is 0 e. The van der Waals surface area contributed by atoms with Crippen molar-refractivity contribution in [3.05, 3.63) is 39.9 Å². The van der Waals surface area contributed by atoms with Crippen molar-refractivity contribution in [1.29, 1.82) is 0 Å². The summed E-state index contributed by atoms with van der Waals surface area (Å²) in [6, 6.07) is 0. The zero-order valence-corrected chi connectivity index (χ0v) is 18.9. The van der Waals surface area contributed by atoms with Crippen LogP contribution in [-0.2, 0) is 66.2 Å². The molecule has 0 aromatic carbocycles. The van der Waals surface area contributed by atoms with Gasteiger partial charge in [0.25, 0.3) is 0 Å². The fourth-order valence-electron chi connectivity index (χ4n) is 3.85. The van der Waals surface area contributed by atoms with E-state index in [1.807, 2.05) is 11.8 Å². The summed E-state index contributed by atoms with van der Waals surface area (Å²) in [5, 5.41) is 0. The maximum Gasteiger partial charge on any atom is 0 e. The minimum absolute atomic E-state index is 0. The van der Waals surface area contributed by atoms with Gasteiger partial charge in [-0.25, -0.2) is 0 Å². The SMILES string of the molecule is C#CO[C@@H]1C[C@H]2CC[C@]1(CSC)C2(C)C.[C-]#[O+].[C-]#[O+].[C-]#[O+].[C-]#[O+].[C-]#[O+].[C-]#[O+].[Co].[Co]. The van der Waals surface area contributed by atoms with Crippen LogP contribution in [0.15, 0.2) is 0 Å². The summed E-state index contributed by atoms with van der Waals surface area (Å²) in [7, 11) is 0. The van der Waals surface area contributed by atoms with E-state index >= 15 is 0 Å². The number of ether oxygens (including phenoxy) is 1. The van der Waals surface area contributed by atoms with Gasteiger partial charge in [0.1, 0.15) is 12.2 Å². The summed E-state index contributed by atoms with van der Waals surface area (Å²) in [6.07, 6.45) is 14.0. The second kappa shape index (κ2) is 31.8. The summed E-state index contributed by atoms with van der Waals surface area (Å²) in [4.78, 5) is 0. The monoisotopic (exact) mass is 510 g/mol. The van der Waals surface area contributed by atoms with Gasteiger partial charge >= 0.3 is 67.8 Å². The molecule has 29 heavy (non-hydrogen) atoms. The van der Waals surface area contributed by atoms with Crippen LogP contribution in [0.4, 0.5) is 0 Å². The van der Waals surface area contributed by atoms with E-state index in [4.69, 9.17) is 39.1 Å². The first-order valence-corrected chi connectivity index (χ1v) is 8.30. The predicted octanol–water partition coefficient (Wildman–Crippen LogP) is 2.92. The Morgan fingerprint density at radius 1 is 0.931 bits per heavy atom. The molecular formula is C19H20Co2O7S. The smallest absolute Gasteiger partial charge is 0 e. The number of terminal acetylenes is 1. The maximum absolute atomic E-state index is 7.50. The Hall–Kier alpha value is -0.837. The molecule has 0 aromatic heterocycles. The van der Waals surface area contributed by atoms with Gasteiger partial charge in [-0.3, -0.25) is 0 Å². The van der Waals surface area contributed by atoms with Crippen molar-refractivity contribution < 1.29 is 66.2 Å². The topological polar surface area (TPSA) is 129 Å². The first kappa shape index (κ1) is 46.4. The van der Waals surface area contributed by atoms with Crippen LogP contribution in [0.25, 0.3) is 0 Å². The zero-order valence-electron chi connectivity index (χ0n) is 16.0. The molecule has 10 heteroatoms. The molecule has 0 unspecified atom stereocenters. The molecule has 2 aliphatic carbocycles. The van der Waals surface area contributed by atoms with Crippen LogP contribution in [0.3, 0.4) is 0 Å². The van der Waals surface area contributed by atoms with Gasteiger partial charge in [0, 0.05) is 44.7 Å². The maximum atomic E-state index is 7.50. The molecule has 2 fully saturated rings. The van der Waals surface area contributed by atoms with Gasteiger partial charge in [-0.15, -0.1) is 0 Å². The van der Waals surface area contributed by atoms with E-state index in [-0.39, 0.29) is 33.6 Å². The third kappa shape index (κ3) is 12.5. The summed E-state index contributed by atoms with van der Waals surface area (Å²) in [5.74, 6) is 1.99. The van der Waals surface area contributed by atoms with Crippen LogP contribution in [0.2, 0.25) is 0 Å². The number of thioether (sulfide) groups is 1. The molecule has 2 saturated carbocycles. The fourth-order valence-corrected chi connectivity index (χ4v) is 5.06. The van der Waals surface area contributed by atoms with Gasteiger partial charge in [-0.2, -0.15) is 11.8 Å². The van der Waals surface area contributed by atoms with E-state index in [0.29, 0.717) is 16.9 Å². The zero-order chi connectivity index (χ0) is 23.1. The van der Waals surface area contributed by atoms with Gasteiger partial charge in [-0.1, -0.05) is 20.3 Å². The Morgan fingerprint density at radius 3 is 1.59 bits per heavy atom. The fraction of sp³-hybridized carbons (Fsp3) is 0.579. The average molecular weight is 510 g/mol. The molecule has 0 N–H and O–H groups in total. The van der Waals surface area contributed by atoms with E-state index < -0.39 is 0 Å². The normalized spacial score (nSPS) is 21.9. The van der Waals surface area contributed by atoms with Crippen LogP contribution in [0.5, 0.6) is 0 Å². The Morgan fingerprint density at radius 2 is 1.31 bits per heavy atom. The summed E-state index contributed by atoms with van der Waals surface area (Å²) < 4.78 is 50.5. The van der Waals surface area contributed by atoms with Crippen molar-refractivity contribution in [2.45, 2.75) is 39.2 Å². The Balaban J connectivity index is -0.0000000601. The molecule has 0 aliphatic heterocycles. The molecule has 0 saturated heterocycles. The molecule has 2 radical (unpaired) electrons. The molecule has 2 aliphatic rings. The van der Waals surface area contributed by atoms with E-state index in [0.717, 1.165) is 12.3 Å². The van der Waals surface area contributed by atoms with Crippen molar-refractivity contribution in [2.24, 2.45) is 16.7 Å². The van der Waals surface area contributed by atoms with Crippen molar-refractivity contribution in [1.82, 2.24) is 0 Å². The number of hydrogen-bond acceptors (Lipinski definition) is 2. The number of fused-ring (bicyclic) bond motifs is 2. The predicted molar refractivity (Wildman–Crippen MR) is 89.2 cm³/mol. The summed E-state index contributed by atoms with van der Waals surface area (Å²) in [6.45, 7) is 31.8. The van der Waals surface area contributed by atoms with Crippen LogP contribution in [-0.4, -0.2) is 18.1 Å². The van der Waals surface area contributed by atoms with Crippen LogP contribution in [0, 0.1) is 69.2 Å². The molecule has 0 amide bonds. The van der Waals surface area contributed by atoms with Crippen LogP contribution >= 0.6 is 11.8 Å². The molecule has 2 rings (SSSR count). The summed E-state index contributed by atoms with van der Waals surface area (Å²) >= 11 is 1.93. The van der Waals surface area contributed by atoms with Gasteiger partial charge in [0.05, 0.1) is 0 Å². The Labute approximate surface area is 197 Å². The molecule has 2 bridgehead atoms. The van der Waals surface area contributed by atoms with E-state index in [1.165, 1.54) is 18.6 Å². The Kier molecular flexibility index (Phi) is 50.9. The number of hydrogen-bond donors (Lipinski definition) is 0. The van der Waals surface area contributed by atoms with E-state index in [2.05, 4.69) is 66.1 Å². The second-order valence-corrected chi connectivity index (χ2v) is 6.37. The Bertz CT molecular complexity index is 486. The van der Waals surface area contributed by atoms with E-state index in [1.54, 1.807) is 0 Å². The number of rotatable bonds is 3. The van der Waals surface area contributed by atoms with Crippen molar-refractivity contribution in [2.75, 3.05) is 12.0 Å². The summed E-state index contributed by atoms with van der Waals surface area (Å²) in [5.41, 5.74) is 0.723. The minimum atomic E-state index is 0.